The van der Waals surface area contributed by atoms with Crippen LogP contribution in [0.5, 0.6) is 0 Å². The molecule has 6 heteroatoms. The molecule has 0 saturated heterocycles. The summed E-state index contributed by atoms with van der Waals surface area (Å²) in [6.07, 6.45) is 0.784. The average molecular weight is 322 g/mol. The molecule has 112 valence electrons. The Morgan fingerprint density at radius 1 is 1.29 bits per heavy atom. The molecule has 0 aliphatic carbocycles. The third-order valence-corrected chi connectivity index (χ3v) is 7.03. The molecule has 1 aliphatic heterocycles. The van der Waals surface area contributed by atoms with Crippen molar-refractivity contribution in [1.82, 2.24) is 4.31 Å². The van der Waals surface area contributed by atoms with Crippen LogP contribution in [0, 0.1) is 13.8 Å². The van der Waals surface area contributed by atoms with Crippen molar-refractivity contribution in [3.05, 3.63) is 45.1 Å². The van der Waals surface area contributed by atoms with Crippen LogP contribution in [0.1, 0.15) is 21.6 Å². The van der Waals surface area contributed by atoms with E-state index in [9.17, 15) is 8.42 Å². The molecule has 0 radical (unpaired) electrons. The number of thiophene rings is 1. The van der Waals surface area contributed by atoms with Gasteiger partial charge < -0.3 is 5.73 Å². The Kier molecular flexibility index (Phi) is 3.55. The third kappa shape index (κ3) is 2.47. The topological polar surface area (TPSA) is 63.4 Å². The number of anilines is 1. The minimum Gasteiger partial charge on any atom is -0.399 e. The number of hydrogen-bond donors (Lipinski definition) is 1. The number of rotatable bonds is 2. The van der Waals surface area contributed by atoms with Crippen molar-refractivity contribution in [3.8, 4) is 0 Å². The molecule has 1 aromatic carbocycles. The van der Waals surface area contributed by atoms with E-state index in [0.717, 1.165) is 23.1 Å². The van der Waals surface area contributed by atoms with Gasteiger partial charge in [-0.1, -0.05) is 0 Å². The summed E-state index contributed by atoms with van der Waals surface area (Å²) in [5.41, 5.74) is 9.13. The maximum atomic E-state index is 12.9. The highest BCUT2D eigenvalue weighted by Crippen LogP contribution is 2.30. The Hall–Kier alpha value is -1.37. The van der Waals surface area contributed by atoms with Gasteiger partial charge >= 0.3 is 0 Å². The van der Waals surface area contributed by atoms with E-state index in [2.05, 4.69) is 0 Å². The van der Waals surface area contributed by atoms with Gasteiger partial charge in [0.05, 0.1) is 4.90 Å². The highest BCUT2D eigenvalue weighted by Gasteiger charge is 2.30. The summed E-state index contributed by atoms with van der Waals surface area (Å²) in [5, 5.41) is 2.02. The van der Waals surface area contributed by atoms with E-state index >= 15 is 0 Å². The van der Waals surface area contributed by atoms with E-state index in [1.165, 1.54) is 4.88 Å². The van der Waals surface area contributed by atoms with Gasteiger partial charge in [0.25, 0.3) is 0 Å². The van der Waals surface area contributed by atoms with E-state index in [1.54, 1.807) is 21.7 Å². The second-order valence-electron chi connectivity index (χ2n) is 5.42. The first kappa shape index (κ1) is 14.6. The normalized spacial score (nSPS) is 15.9. The number of nitrogens with two attached hydrogens (primary N) is 1. The summed E-state index contributed by atoms with van der Waals surface area (Å²) in [6, 6.07) is 5.39. The Labute approximate surface area is 129 Å². The van der Waals surface area contributed by atoms with Crippen LogP contribution in [0.4, 0.5) is 5.69 Å². The summed E-state index contributed by atoms with van der Waals surface area (Å²) in [5.74, 6) is 0. The quantitative estimate of drug-likeness (QED) is 0.865. The van der Waals surface area contributed by atoms with Crippen molar-refractivity contribution in [2.75, 3.05) is 12.3 Å². The van der Waals surface area contributed by atoms with Gasteiger partial charge in [0.15, 0.2) is 0 Å². The maximum Gasteiger partial charge on any atom is 0.243 e. The zero-order chi connectivity index (χ0) is 15.2. The standard InChI is InChI=1S/C15H18N2O2S2/c1-10-7-13(16)8-15(11(10)2)21(18,19)17-5-3-14-12(9-17)4-6-20-14/h4,6-8H,3,5,9,16H2,1-2H3. The Morgan fingerprint density at radius 2 is 2.05 bits per heavy atom. The van der Waals surface area contributed by atoms with E-state index < -0.39 is 10.0 Å². The van der Waals surface area contributed by atoms with Crippen LogP contribution in [0.25, 0.3) is 0 Å². The smallest absolute Gasteiger partial charge is 0.243 e. The first-order valence-corrected chi connectivity index (χ1v) is 9.13. The lowest BCUT2D eigenvalue weighted by atomic mass is 10.1. The predicted octanol–water partition coefficient (Wildman–Crippen LogP) is 2.69. The summed E-state index contributed by atoms with van der Waals surface area (Å²) in [7, 11) is -3.50. The number of benzene rings is 1. The van der Waals surface area contributed by atoms with Crippen LogP contribution < -0.4 is 5.73 Å². The molecule has 2 aromatic rings. The van der Waals surface area contributed by atoms with Gasteiger partial charge in [-0.3, -0.25) is 0 Å². The van der Waals surface area contributed by atoms with E-state index in [4.69, 9.17) is 5.73 Å². The second kappa shape index (κ2) is 5.12. The van der Waals surface area contributed by atoms with Gasteiger partial charge in [0, 0.05) is 23.7 Å². The van der Waals surface area contributed by atoms with Crippen molar-refractivity contribution in [2.24, 2.45) is 0 Å². The SMILES string of the molecule is Cc1cc(N)cc(S(=O)(=O)N2CCc3sccc3C2)c1C. The summed E-state index contributed by atoms with van der Waals surface area (Å²) >= 11 is 1.70. The number of nitrogen functional groups attached to an aromatic ring is 1. The molecule has 4 nitrogen and oxygen atoms in total. The Balaban J connectivity index is 2.03. The highest BCUT2D eigenvalue weighted by atomic mass is 32.2. The number of hydrogen-bond acceptors (Lipinski definition) is 4. The van der Waals surface area contributed by atoms with Crippen LogP contribution >= 0.6 is 11.3 Å². The second-order valence-corrected chi connectivity index (χ2v) is 8.33. The molecule has 0 saturated carbocycles. The van der Waals surface area contributed by atoms with Crippen molar-refractivity contribution in [1.29, 1.82) is 0 Å². The molecule has 0 bridgehead atoms. The summed E-state index contributed by atoms with van der Waals surface area (Å²) < 4.78 is 27.4. The summed E-state index contributed by atoms with van der Waals surface area (Å²) in [4.78, 5) is 1.63. The fourth-order valence-electron chi connectivity index (χ4n) is 2.69. The first-order valence-electron chi connectivity index (χ1n) is 6.81. The molecule has 21 heavy (non-hydrogen) atoms. The molecule has 0 fully saturated rings. The minimum atomic E-state index is -3.50. The molecule has 0 spiro atoms. The number of aryl methyl sites for hydroxylation is 1. The largest absolute Gasteiger partial charge is 0.399 e. The van der Waals surface area contributed by atoms with Gasteiger partial charge in [0.1, 0.15) is 0 Å². The van der Waals surface area contributed by atoms with E-state index in [1.807, 2.05) is 31.4 Å². The molecule has 2 heterocycles. The zero-order valence-electron chi connectivity index (χ0n) is 12.1. The summed E-state index contributed by atoms with van der Waals surface area (Å²) in [6.45, 7) is 4.71. The molecule has 0 unspecified atom stereocenters. The fourth-order valence-corrected chi connectivity index (χ4v) is 5.33. The van der Waals surface area contributed by atoms with Gasteiger partial charge in [-0.25, -0.2) is 8.42 Å². The lowest BCUT2D eigenvalue weighted by Gasteiger charge is -2.27. The number of sulfonamides is 1. The number of nitrogens with zero attached hydrogens (tertiary/aromatic N) is 1. The fraction of sp³-hybridized carbons (Fsp3) is 0.333. The number of fused-ring (bicyclic) bond motifs is 1. The van der Waals surface area contributed by atoms with Gasteiger partial charge in [-0.05, 0) is 60.5 Å². The van der Waals surface area contributed by atoms with Crippen LogP contribution in [-0.4, -0.2) is 19.3 Å². The maximum absolute atomic E-state index is 12.9. The Bertz CT molecular complexity index is 794. The van der Waals surface area contributed by atoms with Gasteiger partial charge in [-0.2, -0.15) is 4.31 Å². The van der Waals surface area contributed by atoms with Crippen LogP contribution in [0.3, 0.4) is 0 Å². The molecule has 3 rings (SSSR count). The van der Waals surface area contributed by atoms with Crippen molar-refractivity contribution in [3.63, 3.8) is 0 Å². The van der Waals surface area contributed by atoms with Crippen LogP contribution in [0.15, 0.2) is 28.5 Å². The Morgan fingerprint density at radius 3 is 2.81 bits per heavy atom. The molecule has 1 aromatic heterocycles. The van der Waals surface area contributed by atoms with Gasteiger partial charge in [-0.15, -0.1) is 11.3 Å². The van der Waals surface area contributed by atoms with Crippen molar-refractivity contribution >= 4 is 27.0 Å². The third-order valence-electron chi connectivity index (χ3n) is 4.03. The molecular weight excluding hydrogens is 304 g/mol. The van der Waals surface area contributed by atoms with Gasteiger partial charge in [0.2, 0.25) is 10.0 Å². The molecule has 0 amide bonds. The molecule has 2 N–H and O–H groups in total. The van der Waals surface area contributed by atoms with Crippen molar-refractivity contribution < 1.29 is 8.42 Å². The van der Waals surface area contributed by atoms with Crippen LogP contribution in [0.2, 0.25) is 0 Å². The molecular formula is C15H18N2O2S2. The van der Waals surface area contributed by atoms with Crippen LogP contribution in [-0.2, 0) is 23.0 Å². The lowest BCUT2D eigenvalue weighted by molar-refractivity contribution is 0.394. The highest BCUT2D eigenvalue weighted by molar-refractivity contribution is 7.89. The van der Waals surface area contributed by atoms with Crippen molar-refractivity contribution in [2.45, 2.75) is 31.7 Å². The molecule has 1 aliphatic rings. The lowest BCUT2D eigenvalue weighted by Crippen LogP contribution is -2.35. The monoisotopic (exact) mass is 322 g/mol. The molecule has 0 atom stereocenters. The first-order chi connectivity index (χ1) is 9.89. The predicted molar refractivity (Wildman–Crippen MR) is 85.9 cm³/mol. The van der Waals surface area contributed by atoms with E-state index in [-0.39, 0.29) is 0 Å². The minimum absolute atomic E-state index is 0.332. The zero-order valence-corrected chi connectivity index (χ0v) is 13.7. The van der Waals surface area contributed by atoms with E-state index in [0.29, 0.717) is 23.7 Å². The average Bonchev–Trinajstić information content (AvgIpc) is 2.89.